The second kappa shape index (κ2) is 8.75. The van der Waals surface area contributed by atoms with Crippen molar-refractivity contribution in [1.29, 1.82) is 0 Å². The van der Waals surface area contributed by atoms with Crippen LogP contribution in [0.5, 0.6) is 5.75 Å². The van der Waals surface area contributed by atoms with Crippen LogP contribution in [0.15, 0.2) is 58.4 Å². The highest BCUT2D eigenvalue weighted by Gasteiger charge is 2.30. The van der Waals surface area contributed by atoms with E-state index in [-0.39, 0.29) is 11.5 Å². The quantitative estimate of drug-likeness (QED) is 0.732. The summed E-state index contributed by atoms with van der Waals surface area (Å²) < 4.78 is 5.57. The molecule has 1 aliphatic rings. The van der Waals surface area contributed by atoms with Gasteiger partial charge in [-0.2, -0.15) is 0 Å². The Morgan fingerprint density at radius 1 is 1.25 bits per heavy atom. The molecule has 2 aromatic rings. The Labute approximate surface area is 167 Å². The van der Waals surface area contributed by atoms with Gasteiger partial charge in [-0.05, 0) is 60.2 Å². The van der Waals surface area contributed by atoms with E-state index in [1.165, 1.54) is 28.8 Å². The minimum Gasteiger partial charge on any atom is -0.494 e. The van der Waals surface area contributed by atoms with Gasteiger partial charge in [0.1, 0.15) is 5.75 Å². The number of carboxylic acid groups (broad SMARTS) is 1. The van der Waals surface area contributed by atoms with Crippen LogP contribution in [0.2, 0.25) is 0 Å². The van der Waals surface area contributed by atoms with Crippen LogP contribution >= 0.6 is 11.8 Å². The number of likely N-dealkylation sites (N-methyl/N-ethyl adjacent to an activating group) is 1. The number of carbonyl (C=O) groups is 2. The lowest BCUT2D eigenvalue weighted by atomic mass is 10.2. The molecule has 1 heterocycles. The van der Waals surface area contributed by atoms with E-state index >= 15 is 0 Å². The van der Waals surface area contributed by atoms with E-state index in [1.54, 1.807) is 19.2 Å². The topological polar surface area (TPSA) is 79.2 Å². The van der Waals surface area contributed by atoms with Gasteiger partial charge in [-0.1, -0.05) is 25.1 Å². The fraction of sp³-hybridized carbons (Fsp3) is 0.190. The normalized spacial score (nSPS) is 16.8. The standard InChI is InChI=1S/C21H20N2O4S/c1-3-11-27-17-9-7-14(8-10-17)12-18-19(24)23(2)21(28-18)22-16-6-4-5-15(13-16)20(25)26/h4-10,12-13H,3,11H2,1-2H3,(H,25,26)/b18-12-,22-21?. The maximum Gasteiger partial charge on any atom is 0.335 e. The predicted molar refractivity (Wildman–Crippen MR) is 111 cm³/mol. The van der Waals surface area contributed by atoms with Crippen LogP contribution in [0.25, 0.3) is 6.08 Å². The molecule has 0 saturated carbocycles. The molecule has 28 heavy (non-hydrogen) atoms. The molecule has 1 N–H and O–H groups in total. The van der Waals surface area contributed by atoms with Gasteiger partial charge in [-0.3, -0.25) is 9.69 Å². The zero-order chi connectivity index (χ0) is 20.1. The molecule has 3 rings (SSSR count). The lowest BCUT2D eigenvalue weighted by molar-refractivity contribution is -0.121. The molecular weight excluding hydrogens is 376 g/mol. The maximum atomic E-state index is 12.5. The molecule has 1 fully saturated rings. The molecule has 1 aliphatic heterocycles. The van der Waals surface area contributed by atoms with E-state index in [9.17, 15) is 9.59 Å². The summed E-state index contributed by atoms with van der Waals surface area (Å²) in [5.74, 6) is -0.367. The number of amidine groups is 1. The third kappa shape index (κ3) is 4.61. The van der Waals surface area contributed by atoms with Crippen molar-refractivity contribution in [1.82, 2.24) is 4.90 Å². The molecule has 0 aliphatic carbocycles. The molecule has 0 bridgehead atoms. The number of rotatable bonds is 6. The Bertz CT molecular complexity index is 951. The van der Waals surface area contributed by atoms with E-state index in [1.807, 2.05) is 30.3 Å². The lowest BCUT2D eigenvalue weighted by Crippen LogP contribution is -2.23. The Morgan fingerprint density at radius 2 is 2.00 bits per heavy atom. The van der Waals surface area contributed by atoms with Gasteiger partial charge in [0, 0.05) is 7.05 Å². The molecular formula is C21H20N2O4S. The highest BCUT2D eigenvalue weighted by Crippen LogP contribution is 2.33. The highest BCUT2D eigenvalue weighted by atomic mass is 32.2. The van der Waals surface area contributed by atoms with Crippen molar-refractivity contribution in [2.75, 3.05) is 13.7 Å². The molecule has 0 radical (unpaired) electrons. The van der Waals surface area contributed by atoms with Crippen LogP contribution < -0.4 is 4.74 Å². The van der Waals surface area contributed by atoms with Gasteiger partial charge < -0.3 is 9.84 Å². The van der Waals surface area contributed by atoms with Gasteiger partial charge in [0.05, 0.1) is 22.8 Å². The fourth-order valence-corrected chi connectivity index (χ4v) is 3.49. The SMILES string of the molecule is CCCOc1ccc(/C=C2\SC(=Nc3cccc(C(=O)O)c3)N(C)C2=O)cc1. The van der Waals surface area contributed by atoms with E-state index in [0.717, 1.165) is 17.7 Å². The Kier molecular flexibility index (Phi) is 6.16. The van der Waals surface area contributed by atoms with Crippen LogP contribution in [0.3, 0.4) is 0 Å². The van der Waals surface area contributed by atoms with Crippen molar-refractivity contribution in [2.45, 2.75) is 13.3 Å². The summed E-state index contributed by atoms with van der Waals surface area (Å²) in [5, 5.41) is 9.60. The van der Waals surface area contributed by atoms with Crippen molar-refractivity contribution >= 4 is 40.6 Å². The average molecular weight is 396 g/mol. The number of carboxylic acids is 1. The van der Waals surface area contributed by atoms with Gasteiger partial charge in [0.25, 0.3) is 5.91 Å². The predicted octanol–water partition coefficient (Wildman–Crippen LogP) is 4.41. The molecule has 0 aromatic heterocycles. The monoisotopic (exact) mass is 396 g/mol. The molecule has 0 unspecified atom stereocenters. The maximum absolute atomic E-state index is 12.5. The summed E-state index contributed by atoms with van der Waals surface area (Å²) in [7, 11) is 1.65. The number of hydrogen-bond donors (Lipinski definition) is 1. The molecule has 2 aromatic carbocycles. The smallest absolute Gasteiger partial charge is 0.335 e. The summed E-state index contributed by atoms with van der Waals surface area (Å²) in [6, 6.07) is 13.9. The molecule has 6 nitrogen and oxygen atoms in total. The third-order valence-corrected chi connectivity index (χ3v) is 5.03. The van der Waals surface area contributed by atoms with Crippen molar-refractivity contribution in [3.63, 3.8) is 0 Å². The van der Waals surface area contributed by atoms with Crippen LogP contribution in [0.1, 0.15) is 29.3 Å². The number of carbonyl (C=O) groups excluding carboxylic acids is 1. The van der Waals surface area contributed by atoms with E-state index in [4.69, 9.17) is 9.84 Å². The van der Waals surface area contributed by atoms with E-state index in [2.05, 4.69) is 11.9 Å². The van der Waals surface area contributed by atoms with Crippen molar-refractivity contribution in [2.24, 2.45) is 4.99 Å². The van der Waals surface area contributed by atoms with Crippen molar-refractivity contribution < 1.29 is 19.4 Å². The van der Waals surface area contributed by atoms with E-state index < -0.39 is 5.97 Å². The zero-order valence-corrected chi connectivity index (χ0v) is 16.4. The third-order valence-electron chi connectivity index (χ3n) is 3.97. The zero-order valence-electron chi connectivity index (χ0n) is 15.6. The molecule has 7 heteroatoms. The second-order valence-corrected chi connectivity index (χ2v) is 7.15. The summed E-state index contributed by atoms with van der Waals surface area (Å²) in [6.07, 6.45) is 2.75. The molecule has 144 valence electrons. The Hall–Kier alpha value is -3.06. The molecule has 0 atom stereocenters. The van der Waals surface area contributed by atoms with E-state index in [0.29, 0.717) is 22.4 Å². The van der Waals surface area contributed by atoms with Gasteiger partial charge in [0.2, 0.25) is 0 Å². The first-order valence-electron chi connectivity index (χ1n) is 8.80. The summed E-state index contributed by atoms with van der Waals surface area (Å²) >= 11 is 1.26. The van der Waals surface area contributed by atoms with Gasteiger partial charge >= 0.3 is 5.97 Å². The number of nitrogens with zero attached hydrogens (tertiary/aromatic N) is 2. The van der Waals surface area contributed by atoms with Crippen molar-refractivity contribution in [3.05, 3.63) is 64.6 Å². The fourth-order valence-electron chi connectivity index (χ4n) is 2.50. The summed E-state index contributed by atoms with van der Waals surface area (Å²) in [5.41, 5.74) is 1.53. The van der Waals surface area contributed by atoms with Crippen LogP contribution in [0, 0.1) is 0 Å². The minimum atomic E-state index is -1.02. The van der Waals surface area contributed by atoms with Crippen LogP contribution in [-0.2, 0) is 4.79 Å². The van der Waals surface area contributed by atoms with Crippen LogP contribution in [0.4, 0.5) is 5.69 Å². The average Bonchev–Trinajstić information content (AvgIpc) is 2.95. The summed E-state index contributed by atoms with van der Waals surface area (Å²) in [4.78, 5) is 30.1. The molecule has 0 spiro atoms. The number of hydrogen-bond acceptors (Lipinski definition) is 5. The number of thioether (sulfide) groups is 1. The summed E-state index contributed by atoms with van der Waals surface area (Å²) in [6.45, 7) is 2.72. The van der Waals surface area contributed by atoms with Crippen LogP contribution in [-0.4, -0.2) is 40.7 Å². The number of amides is 1. The first-order valence-corrected chi connectivity index (χ1v) is 9.62. The lowest BCUT2D eigenvalue weighted by Gasteiger charge is -2.07. The largest absolute Gasteiger partial charge is 0.494 e. The number of ether oxygens (including phenoxy) is 1. The second-order valence-electron chi connectivity index (χ2n) is 6.14. The Morgan fingerprint density at radius 3 is 2.68 bits per heavy atom. The van der Waals surface area contributed by atoms with Gasteiger partial charge in [0.15, 0.2) is 5.17 Å². The number of aromatic carboxylic acids is 1. The Balaban J connectivity index is 1.80. The van der Waals surface area contributed by atoms with Gasteiger partial charge in [-0.25, -0.2) is 9.79 Å². The highest BCUT2D eigenvalue weighted by molar-refractivity contribution is 8.18. The van der Waals surface area contributed by atoms with Gasteiger partial charge in [-0.15, -0.1) is 0 Å². The number of aliphatic imine (C=N–C) groups is 1. The molecule has 1 amide bonds. The first-order chi connectivity index (χ1) is 13.5. The minimum absolute atomic E-state index is 0.149. The molecule has 1 saturated heterocycles. The number of benzene rings is 2. The first kappa shape index (κ1) is 19.7. The van der Waals surface area contributed by atoms with Crippen molar-refractivity contribution in [3.8, 4) is 5.75 Å².